The van der Waals surface area contributed by atoms with Crippen molar-refractivity contribution < 1.29 is 4.79 Å². The first-order valence-corrected chi connectivity index (χ1v) is 8.47. The van der Waals surface area contributed by atoms with E-state index >= 15 is 0 Å². The van der Waals surface area contributed by atoms with Crippen molar-refractivity contribution in [3.8, 4) is 0 Å². The van der Waals surface area contributed by atoms with Crippen LogP contribution in [0.4, 0.5) is 0 Å². The molecular formula is C16H29N3O. The summed E-state index contributed by atoms with van der Waals surface area (Å²) in [6.45, 7) is 4.07. The summed E-state index contributed by atoms with van der Waals surface area (Å²) >= 11 is 0. The molecule has 1 amide bonds. The molecule has 0 bridgehead atoms. The molecular weight excluding hydrogens is 250 g/mol. The Bertz CT molecular complexity index is 359. The highest BCUT2D eigenvalue weighted by Gasteiger charge is 2.53. The minimum Gasteiger partial charge on any atom is -0.368 e. The van der Waals surface area contributed by atoms with Gasteiger partial charge in [0.05, 0.1) is 0 Å². The van der Waals surface area contributed by atoms with Crippen LogP contribution in [0.25, 0.3) is 0 Å². The molecule has 0 aromatic carbocycles. The van der Waals surface area contributed by atoms with Gasteiger partial charge in [0.15, 0.2) is 0 Å². The second kappa shape index (κ2) is 5.64. The Labute approximate surface area is 122 Å². The maximum absolute atomic E-state index is 12.3. The summed E-state index contributed by atoms with van der Waals surface area (Å²) < 4.78 is 0. The molecule has 0 aromatic rings. The quantitative estimate of drug-likeness (QED) is 0.710. The summed E-state index contributed by atoms with van der Waals surface area (Å²) in [5, 5.41) is 3.64. The van der Waals surface area contributed by atoms with E-state index in [0.717, 1.165) is 25.9 Å². The number of nitrogens with two attached hydrogens (primary N) is 1. The summed E-state index contributed by atoms with van der Waals surface area (Å²) in [5.41, 5.74) is 5.40. The largest absolute Gasteiger partial charge is 0.368 e. The number of primary amides is 1. The fourth-order valence-electron chi connectivity index (χ4n) is 3.90. The van der Waals surface area contributed by atoms with Crippen LogP contribution in [0.3, 0.4) is 0 Å². The van der Waals surface area contributed by atoms with Gasteiger partial charge in [0.2, 0.25) is 5.91 Å². The smallest absolute Gasteiger partial charge is 0.239 e. The van der Waals surface area contributed by atoms with Crippen molar-refractivity contribution in [2.75, 3.05) is 13.1 Å². The van der Waals surface area contributed by atoms with Gasteiger partial charge in [0.1, 0.15) is 5.54 Å². The van der Waals surface area contributed by atoms with E-state index in [1.165, 1.54) is 38.5 Å². The summed E-state index contributed by atoms with van der Waals surface area (Å²) in [6, 6.07) is 1.20. The second-order valence-corrected chi connectivity index (χ2v) is 7.03. The average molecular weight is 279 g/mol. The first kappa shape index (κ1) is 14.3. The lowest BCUT2D eigenvalue weighted by Crippen LogP contribution is -2.64. The third kappa shape index (κ3) is 2.86. The molecule has 3 saturated carbocycles. The number of rotatable bonds is 8. The van der Waals surface area contributed by atoms with Gasteiger partial charge in [0.25, 0.3) is 0 Å². The van der Waals surface area contributed by atoms with Gasteiger partial charge in [-0.25, -0.2) is 0 Å². The third-order valence-corrected chi connectivity index (χ3v) is 5.45. The van der Waals surface area contributed by atoms with E-state index in [-0.39, 0.29) is 5.91 Å². The number of amides is 1. The summed E-state index contributed by atoms with van der Waals surface area (Å²) in [7, 11) is 0. The van der Waals surface area contributed by atoms with Gasteiger partial charge in [-0.2, -0.15) is 0 Å². The zero-order valence-corrected chi connectivity index (χ0v) is 12.7. The summed E-state index contributed by atoms with van der Waals surface area (Å²) in [5.74, 6) is 0.347. The van der Waals surface area contributed by atoms with Crippen molar-refractivity contribution in [2.45, 2.75) is 75.9 Å². The van der Waals surface area contributed by atoms with Gasteiger partial charge in [0, 0.05) is 18.6 Å². The summed E-state index contributed by atoms with van der Waals surface area (Å²) in [4.78, 5) is 14.8. The molecule has 20 heavy (non-hydrogen) atoms. The zero-order valence-electron chi connectivity index (χ0n) is 12.7. The fourth-order valence-corrected chi connectivity index (χ4v) is 3.90. The SMILES string of the molecule is CCN(CC(NC1CC1)(C(N)=O)C1CC1)C1CCCC1. The lowest BCUT2D eigenvalue weighted by atomic mass is 9.90. The van der Waals surface area contributed by atoms with Crippen LogP contribution in [0.1, 0.15) is 58.3 Å². The van der Waals surface area contributed by atoms with E-state index in [4.69, 9.17) is 5.73 Å². The second-order valence-electron chi connectivity index (χ2n) is 7.03. The molecule has 0 spiro atoms. The van der Waals surface area contributed by atoms with Crippen molar-refractivity contribution >= 4 is 5.91 Å². The molecule has 3 aliphatic rings. The van der Waals surface area contributed by atoms with Gasteiger partial charge in [-0.15, -0.1) is 0 Å². The molecule has 4 heteroatoms. The molecule has 0 saturated heterocycles. The molecule has 1 atom stereocenters. The molecule has 0 aromatic heterocycles. The van der Waals surface area contributed by atoms with E-state index < -0.39 is 5.54 Å². The Hall–Kier alpha value is -0.610. The van der Waals surface area contributed by atoms with Crippen LogP contribution in [-0.2, 0) is 4.79 Å². The lowest BCUT2D eigenvalue weighted by molar-refractivity contribution is -0.126. The number of nitrogens with zero attached hydrogens (tertiary/aromatic N) is 1. The van der Waals surface area contributed by atoms with Crippen LogP contribution >= 0.6 is 0 Å². The standard InChI is InChI=1S/C16H29N3O/c1-2-19(14-5-3-4-6-14)11-16(15(17)20,12-7-8-12)18-13-9-10-13/h12-14,18H,2-11H2,1H3,(H2,17,20). The van der Waals surface area contributed by atoms with Gasteiger partial charge < -0.3 is 5.73 Å². The number of carbonyl (C=O) groups excluding carboxylic acids is 1. The van der Waals surface area contributed by atoms with Crippen LogP contribution < -0.4 is 11.1 Å². The monoisotopic (exact) mass is 279 g/mol. The predicted molar refractivity (Wildman–Crippen MR) is 80.3 cm³/mol. The number of nitrogens with one attached hydrogen (secondary N) is 1. The molecule has 3 N–H and O–H groups in total. The van der Waals surface area contributed by atoms with E-state index in [1.54, 1.807) is 0 Å². The van der Waals surface area contributed by atoms with E-state index in [0.29, 0.717) is 18.0 Å². The van der Waals surface area contributed by atoms with Crippen LogP contribution in [0.15, 0.2) is 0 Å². The minimum atomic E-state index is -0.459. The Kier molecular flexibility index (Phi) is 4.04. The van der Waals surface area contributed by atoms with Crippen molar-refractivity contribution in [1.29, 1.82) is 0 Å². The zero-order chi connectivity index (χ0) is 14.2. The van der Waals surface area contributed by atoms with E-state index in [2.05, 4.69) is 17.1 Å². The normalized spacial score (nSPS) is 26.9. The Morgan fingerprint density at radius 2 is 1.85 bits per heavy atom. The van der Waals surface area contributed by atoms with Crippen LogP contribution in [0.2, 0.25) is 0 Å². The van der Waals surface area contributed by atoms with Crippen LogP contribution in [0.5, 0.6) is 0 Å². The number of hydrogen-bond acceptors (Lipinski definition) is 3. The molecule has 0 radical (unpaired) electrons. The average Bonchev–Trinajstić information content (AvgIpc) is 3.35. The molecule has 3 rings (SSSR count). The molecule has 3 fully saturated rings. The highest BCUT2D eigenvalue weighted by atomic mass is 16.1. The summed E-state index contributed by atoms with van der Waals surface area (Å²) in [6.07, 6.45) is 9.98. The Morgan fingerprint density at radius 1 is 1.20 bits per heavy atom. The van der Waals surface area contributed by atoms with E-state index in [9.17, 15) is 4.79 Å². The molecule has 0 heterocycles. The highest BCUT2D eigenvalue weighted by molar-refractivity contribution is 5.86. The number of carbonyl (C=O) groups is 1. The number of likely N-dealkylation sites (N-methyl/N-ethyl adjacent to an activating group) is 1. The lowest BCUT2D eigenvalue weighted by Gasteiger charge is -2.39. The highest BCUT2D eigenvalue weighted by Crippen LogP contribution is 2.42. The molecule has 4 nitrogen and oxygen atoms in total. The van der Waals surface area contributed by atoms with Crippen molar-refractivity contribution in [2.24, 2.45) is 11.7 Å². The van der Waals surface area contributed by atoms with Gasteiger partial charge in [-0.1, -0.05) is 19.8 Å². The minimum absolute atomic E-state index is 0.122. The third-order valence-electron chi connectivity index (χ3n) is 5.45. The van der Waals surface area contributed by atoms with Crippen LogP contribution in [-0.4, -0.2) is 41.5 Å². The first-order chi connectivity index (χ1) is 9.65. The molecule has 3 aliphatic carbocycles. The Balaban J connectivity index is 1.74. The van der Waals surface area contributed by atoms with Gasteiger partial charge in [-0.05, 0) is 51.0 Å². The van der Waals surface area contributed by atoms with Crippen molar-refractivity contribution in [3.05, 3.63) is 0 Å². The van der Waals surface area contributed by atoms with E-state index in [1.807, 2.05) is 0 Å². The van der Waals surface area contributed by atoms with Crippen LogP contribution in [0, 0.1) is 5.92 Å². The maximum atomic E-state index is 12.3. The van der Waals surface area contributed by atoms with Gasteiger partial charge >= 0.3 is 0 Å². The first-order valence-electron chi connectivity index (χ1n) is 8.47. The molecule has 0 aliphatic heterocycles. The Morgan fingerprint density at radius 3 is 2.30 bits per heavy atom. The maximum Gasteiger partial charge on any atom is 0.239 e. The molecule has 114 valence electrons. The predicted octanol–water partition coefficient (Wildman–Crippen LogP) is 1.64. The van der Waals surface area contributed by atoms with Crippen molar-refractivity contribution in [1.82, 2.24) is 10.2 Å². The van der Waals surface area contributed by atoms with Gasteiger partial charge in [-0.3, -0.25) is 15.0 Å². The molecule has 1 unspecified atom stereocenters. The fraction of sp³-hybridized carbons (Fsp3) is 0.938. The topological polar surface area (TPSA) is 58.4 Å². The van der Waals surface area contributed by atoms with Crippen molar-refractivity contribution in [3.63, 3.8) is 0 Å². The number of hydrogen-bond donors (Lipinski definition) is 2.